The zero-order valence-corrected chi connectivity index (χ0v) is 16.4. The highest BCUT2D eigenvalue weighted by atomic mass is 19.4. The predicted molar refractivity (Wildman–Crippen MR) is 102 cm³/mol. The molecule has 0 aliphatic carbocycles. The van der Waals surface area contributed by atoms with Gasteiger partial charge in [-0.2, -0.15) is 31.4 Å². The number of aliphatic hydroxyl groups is 1. The van der Waals surface area contributed by atoms with E-state index >= 15 is 0 Å². The summed E-state index contributed by atoms with van der Waals surface area (Å²) < 4.78 is 79.8. The van der Waals surface area contributed by atoms with Crippen LogP contribution in [0.15, 0.2) is 54.9 Å². The van der Waals surface area contributed by atoms with Crippen LogP contribution in [0.3, 0.4) is 0 Å². The number of carbonyl (C=O) groups is 1. The summed E-state index contributed by atoms with van der Waals surface area (Å²) in [7, 11) is 0. The van der Waals surface area contributed by atoms with E-state index in [0.717, 1.165) is 16.8 Å². The van der Waals surface area contributed by atoms with E-state index in [2.05, 4.69) is 15.4 Å². The lowest BCUT2D eigenvalue weighted by Gasteiger charge is -2.32. The number of hydrogen-bond donors (Lipinski definition) is 2. The van der Waals surface area contributed by atoms with Gasteiger partial charge in [-0.15, -0.1) is 0 Å². The Kier molecular flexibility index (Phi) is 6.00. The predicted octanol–water partition coefficient (Wildman–Crippen LogP) is 4.60. The zero-order chi connectivity index (χ0) is 23.7. The molecule has 2 heterocycles. The Labute approximate surface area is 177 Å². The van der Waals surface area contributed by atoms with Crippen LogP contribution in [0.25, 0.3) is 16.9 Å². The fourth-order valence-corrected chi connectivity index (χ4v) is 2.89. The van der Waals surface area contributed by atoms with E-state index in [1.807, 2.05) is 0 Å². The number of anilines is 1. The molecule has 2 aromatic heterocycles. The molecular weight excluding hydrogens is 442 g/mol. The van der Waals surface area contributed by atoms with Crippen LogP contribution in [-0.2, 0) is 10.4 Å². The number of carbonyl (C=O) groups excluding carboxylic acids is 1. The van der Waals surface area contributed by atoms with Crippen molar-refractivity contribution in [3.05, 3.63) is 60.4 Å². The van der Waals surface area contributed by atoms with Gasteiger partial charge < -0.3 is 10.4 Å². The summed E-state index contributed by atoms with van der Waals surface area (Å²) in [4.78, 5) is 15.8. The second-order valence-electron chi connectivity index (χ2n) is 6.72. The summed E-state index contributed by atoms with van der Waals surface area (Å²) >= 11 is 0. The molecule has 0 radical (unpaired) electrons. The molecule has 2 N–H and O–H groups in total. The third kappa shape index (κ3) is 4.17. The highest BCUT2D eigenvalue weighted by Gasteiger charge is 2.71. The number of nitrogens with one attached hydrogen (secondary N) is 1. The SMILES string of the molecule is CCC(=O)Nc1cc(-c2ccncc2)nn1-c1ccc(C(O)(C(F)(F)F)C(F)(F)F)cc1. The minimum absolute atomic E-state index is 0.0622. The first kappa shape index (κ1) is 23.3. The molecule has 0 aliphatic rings. The van der Waals surface area contributed by atoms with E-state index in [1.54, 1.807) is 19.1 Å². The monoisotopic (exact) mass is 458 g/mol. The van der Waals surface area contributed by atoms with E-state index in [1.165, 1.54) is 18.5 Å². The lowest BCUT2D eigenvalue weighted by molar-refractivity contribution is -0.376. The van der Waals surface area contributed by atoms with Crippen LogP contribution in [-0.4, -0.2) is 38.1 Å². The normalized spacial score (nSPS) is 12.6. The summed E-state index contributed by atoms with van der Waals surface area (Å²) in [5.74, 6) is -0.231. The lowest BCUT2D eigenvalue weighted by Crippen LogP contribution is -2.53. The molecule has 0 bridgehead atoms. The smallest absolute Gasteiger partial charge is 0.369 e. The Bertz CT molecular complexity index is 1080. The van der Waals surface area contributed by atoms with Gasteiger partial charge >= 0.3 is 12.4 Å². The van der Waals surface area contributed by atoms with Gasteiger partial charge in [0.15, 0.2) is 0 Å². The molecule has 0 saturated carbocycles. The second-order valence-corrected chi connectivity index (χ2v) is 6.72. The number of rotatable bonds is 5. The number of amides is 1. The van der Waals surface area contributed by atoms with Crippen molar-refractivity contribution in [3.8, 4) is 16.9 Å². The fourth-order valence-electron chi connectivity index (χ4n) is 2.89. The maximum Gasteiger partial charge on any atom is 0.430 e. The number of nitrogens with zero attached hydrogens (tertiary/aromatic N) is 3. The van der Waals surface area contributed by atoms with Crippen molar-refractivity contribution < 1.29 is 36.2 Å². The van der Waals surface area contributed by atoms with Crippen LogP contribution in [0.4, 0.5) is 32.2 Å². The maximum atomic E-state index is 13.1. The Morgan fingerprint density at radius 3 is 2.06 bits per heavy atom. The molecule has 0 fully saturated rings. The molecule has 0 spiro atoms. The summed E-state index contributed by atoms with van der Waals surface area (Å²) in [5, 5.41) is 16.4. The minimum atomic E-state index is -5.99. The molecule has 1 amide bonds. The van der Waals surface area contributed by atoms with Gasteiger partial charge in [0.25, 0.3) is 5.60 Å². The Morgan fingerprint density at radius 2 is 1.56 bits per heavy atom. The van der Waals surface area contributed by atoms with Crippen molar-refractivity contribution in [2.75, 3.05) is 5.32 Å². The van der Waals surface area contributed by atoms with Gasteiger partial charge in [0.2, 0.25) is 5.91 Å². The van der Waals surface area contributed by atoms with Crippen molar-refractivity contribution in [2.45, 2.75) is 31.3 Å². The van der Waals surface area contributed by atoms with E-state index in [4.69, 9.17) is 0 Å². The molecule has 0 unspecified atom stereocenters. The number of hydrogen-bond acceptors (Lipinski definition) is 4. The number of alkyl halides is 6. The van der Waals surface area contributed by atoms with Gasteiger partial charge in [0, 0.05) is 36.0 Å². The fraction of sp³-hybridized carbons (Fsp3) is 0.250. The average Bonchev–Trinajstić information content (AvgIpc) is 3.16. The number of halogens is 6. The summed E-state index contributed by atoms with van der Waals surface area (Å²) in [6, 6.07) is 7.65. The Balaban J connectivity index is 2.08. The first-order valence-electron chi connectivity index (χ1n) is 9.15. The van der Waals surface area contributed by atoms with Crippen molar-refractivity contribution in [1.29, 1.82) is 0 Å². The van der Waals surface area contributed by atoms with Crippen LogP contribution in [0.1, 0.15) is 18.9 Å². The molecule has 0 saturated heterocycles. The van der Waals surface area contributed by atoms with Crippen LogP contribution < -0.4 is 5.32 Å². The van der Waals surface area contributed by atoms with E-state index in [0.29, 0.717) is 23.4 Å². The van der Waals surface area contributed by atoms with Crippen molar-refractivity contribution in [1.82, 2.24) is 14.8 Å². The van der Waals surface area contributed by atoms with Gasteiger partial charge in [-0.05, 0) is 24.3 Å². The molecule has 3 aromatic rings. The topological polar surface area (TPSA) is 80.0 Å². The van der Waals surface area contributed by atoms with E-state index < -0.39 is 23.5 Å². The van der Waals surface area contributed by atoms with Crippen molar-refractivity contribution in [2.24, 2.45) is 0 Å². The average molecular weight is 458 g/mol. The first-order valence-corrected chi connectivity index (χ1v) is 9.15. The van der Waals surface area contributed by atoms with Gasteiger partial charge in [-0.25, -0.2) is 4.68 Å². The van der Waals surface area contributed by atoms with Gasteiger partial charge in [0.05, 0.1) is 11.4 Å². The molecule has 3 rings (SSSR count). The molecule has 0 atom stereocenters. The molecule has 12 heteroatoms. The lowest BCUT2D eigenvalue weighted by atomic mass is 9.92. The number of benzene rings is 1. The molecule has 6 nitrogen and oxygen atoms in total. The quantitative estimate of drug-likeness (QED) is 0.548. The third-order valence-corrected chi connectivity index (χ3v) is 4.62. The molecule has 170 valence electrons. The zero-order valence-electron chi connectivity index (χ0n) is 16.4. The molecule has 32 heavy (non-hydrogen) atoms. The molecule has 1 aromatic carbocycles. The largest absolute Gasteiger partial charge is 0.430 e. The maximum absolute atomic E-state index is 13.1. The standard InChI is InChI=1S/C20H16F6N4O2/c1-2-17(31)28-16-11-15(12-7-9-27-10-8-12)29-30(16)14-5-3-13(4-6-14)18(32,19(21,22)23)20(24,25)26/h3-11,32H,2H2,1H3,(H,28,31). The molecular formula is C20H16F6N4O2. The molecule has 0 aliphatic heterocycles. The van der Waals surface area contributed by atoms with Crippen LogP contribution in [0.5, 0.6) is 0 Å². The summed E-state index contributed by atoms with van der Waals surface area (Å²) in [6.45, 7) is 1.60. The summed E-state index contributed by atoms with van der Waals surface area (Å²) in [6.07, 6.45) is -8.86. The van der Waals surface area contributed by atoms with Gasteiger partial charge in [-0.1, -0.05) is 19.1 Å². The van der Waals surface area contributed by atoms with Crippen molar-refractivity contribution in [3.63, 3.8) is 0 Å². The van der Waals surface area contributed by atoms with Crippen LogP contribution in [0, 0.1) is 0 Å². The Hall–Kier alpha value is -3.41. The minimum Gasteiger partial charge on any atom is -0.369 e. The highest BCUT2D eigenvalue weighted by molar-refractivity contribution is 5.90. The number of pyridine rings is 1. The highest BCUT2D eigenvalue weighted by Crippen LogP contribution is 2.50. The van der Waals surface area contributed by atoms with Crippen LogP contribution >= 0.6 is 0 Å². The van der Waals surface area contributed by atoms with E-state index in [-0.39, 0.29) is 23.8 Å². The van der Waals surface area contributed by atoms with Crippen LogP contribution in [0.2, 0.25) is 0 Å². The Morgan fingerprint density at radius 1 is 1.00 bits per heavy atom. The number of aromatic nitrogens is 3. The van der Waals surface area contributed by atoms with E-state index in [9.17, 15) is 36.2 Å². The second kappa shape index (κ2) is 8.26. The first-order chi connectivity index (χ1) is 14.9. The van der Waals surface area contributed by atoms with Crippen molar-refractivity contribution >= 4 is 11.7 Å². The van der Waals surface area contributed by atoms with Gasteiger partial charge in [0.1, 0.15) is 5.82 Å². The summed E-state index contributed by atoms with van der Waals surface area (Å²) in [5.41, 5.74) is -5.38. The third-order valence-electron chi connectivity index (χ3n) is 4.62. The van der Waals surface area contributed by atoms with Gasteiger partial charge in [-0.3, -0.25) is 9.78 Å².